The number of carboxylic acids is 1. The second-order valence-corrected chi connectivity index (χ2v) is 4.82. The van der Waals surface area contributed by atoms with Crippen LogP contribution in [0.25, 0.3) is 5.69 Å². The number of hydrogen-bond donors (Lipinski definition) is 0. The van der Waals surface area contributed by atoms with Crippen molar-refractivity contribution >= 4 is 5.97 Å². The lowest BCUT2D eigenvalue weighted by Crippen LogP contribution is -2.22. The molecule has 1 aliphatic heterocycles. The van der Waals surface area contributed by atoms with Gasteiger partial charge < -0.3 is 24.1 Å². The summed E-state index contributed by atoms with van der Waals surface area (Å²) in [6.45, 7) is 0.168. The quantitative estimate of drug-likeness (QED) is 0.683. The summed E-state index contributed by atoms with van der Waals surface area (Å²) < 4.78 is 17.5. The van der Waals surface area contributed by atoms with Crippen LogP contribution in [0, 0.1) is 0 Å². The number of tetrazole rings is 1. The zero-order valence-electron chi connectivity index (χ0n) is 12.1. The number of aromatic carboxylic acids is 1. The highest BCUT2D eigenvalue weighted by atomic mass is 16.7. The number of fused-ring (bicyclic) bond motifs is 1. The monoisotopic (exact) mass is 325 g/mol. The Balaban J connectivity index is 1.61. The van der Waals surface area contributed by atoms with Crippen molar-refractivity contribution in [2.45, 2.75) is 0 Å². The lowest BCUT2D eigenvalue weighted by atomic mass is 10.2. The summed E-state index contributed by atoms with van der Waals surface area (Å²) >= 11 is 0. The highest BCUT2D eigenvalue weighted by Gasteiger charge is 2.16. The molecule has 0 spiro atoms. The summed E-state index contributed by atoms with van der Waals surface area (Å²) in [5.41, 5.74) is 0.603. The Kier molecular flexibility index (Phi) is 3.23. The molecule has 0 aliphatic carbocycles. The number of nitrogens with zero attached hydrogens (tertiary/aromatic N) is 4. The number of carbonyl (C=O) groups is 1. The Bertz CT molecular complexity index is 906. The van der Waals surface area contributed by atoms with E-state index in [-0.39, 0.29) is 18.4 Å². The lowest BCUT2D eigenvalue weighted by Gasteiger charge is -2.08. The van der Waals surface area contributed by atoms with Gasteiger partial charge in [0.2, 0.25) is 6.79 Å². The zero-order valence-corrected chi connectivity index (χ0v) is 12.1. The van der Waals surface area contributed by atoms with Crippen LogP contribution >= 0.6 is 0 Å². The van der Waals surface area contributed by atoms with Gasteiger partial charge in [-0.25, -0.2) is 0 Å². The summed E-state index contributed by atoms with van der Waals surface area (Å²) in [4.78, 5) is 10.8. The van der Waals surface area contributed by atoms with E-state index < -0.39 is 5.97 Å². The van der Waals surface area contributed by atoms with E-state index in [4.69, 9.17) is 14.2 Å². The molecule has 24 heavy (non-hydrogen) atoms. The lowest BCUT2D eigenvalue weighted by molar-refractivity contribution is -0.255. The van der Waals surface area contributed by atoms with Gasteiger partial charge in [-0.1, -0.05) is 17.2 Å². The molecule has 3 aromatic rings. The third kappa shape index (κ3) is 2.47. The number of rotatable bonds is 4. The average Bonchev–Trinajstić information content (AvgIpc) is 3.23. The molecule has 120 valence electrons. The summed E-state index contributed by atoms with van der Waals surface area (Å²) in [5.74, 6) is 0.432. The molecular formula is C15H9N4O5-. The molecule has 9 heteroatoms. The molecule has 0 amide bonds. The summed E-state index contributed by atoms with van der Waals surface area (Å²) in [7, 11) is 0. The Hall–Kier alpha value is -3.62. The van der Waals surface area contributed by atoms with Gasteiger partial charge in [0, 0.05) is 6.07 Å². The van der Waals surface area contributed by atoms with Crippen molar-refractivity contribution in [2.24, 2.45) is 0 Å². The van der Waals surface area contributed by atoms with E-state index in [0.717, 1.165) is 0 Å². The fraction of sp³-hybridized carbons (Fsp3) is 0.0667. The SMILES string of the molecule is O=C([O-])c1ccc(-n2nnnc2Oc2ccc3c(c2)OCO3)cc1. The molecule has 2 heterocycles. The van der Waals surface area contributed by atoms with Crippen LogP contribution in [-0.4, -0.2) is 33.0 Å². The predicted molar refractivity (Wildman–Crippen MR) is 76.1 cm³/mol. The molecule has 1 aromatic heterocycles. The van der Waals surface area contributed by atoms with Crippen LogP contribution < -0.4 is 19.3 Å². The first-order valence-corrected chi connectivity index (χ1v) is 6.88. The first-order valence-electron chi connectivity index (χ1n) is 6.88. The minimum Gasteiger partial charge on any atom is -0.545 e. The van der Waals surface area contributed by atoms with Crippen molar-refractivity contribution in [2.75, 3.05) is 6.79 Å². The topological polar surface area (TPSA) is 111 Å². The van der Waals surface area contributed by atoms with E-state index in [0.29, 0.717) is 22.9 Å². The zero-order chi connectivity index (χ0) is 16.5. The van der Waals surface area contributed by atoms with Crippen LogP contribution in [0.4, 0.5) is 0 Å². The average molecular weight is 325 g/mol. The van der Waals surface area contributed by atoms with E-state index >= 15 is 0 Å². The summed E-state index contributed by atoms with van der Waals surface area (Å²) in [5, 5.41) is 22.0. The summed E-state index contributed by atoms with van der Waals surface area (Å²) in [6, 6.07) is 11.1. The Morgan fingerprint density at radius 3 is 2.71 bits per heavy atom. The smallest absolute Gasteiger partial charge is 0.345 e. The van der Waals surface area contributed by atoms with Crippen LogP contribution in [0.15, 0.2) is 42.5 Å². The maximum absolute atomic E-state index is 10.8. The van der Waals surface area contributed by atoms with Gasteiger partial charge >= 0.3 is 6.01 Å². The van der Waals surface area contributed by atoms with E-state index in [1.807, 2.05) is 0 Å². The number of ether oxygens (including phenoxy) is 3. The van der Waals surface area contributed by atoms with Crippen molar-refractivity contribution in [3.05, 3.63) is 48.0 Å². The largest absolute Gasteiger partial charge is 0.545 e. The van der Waals surface area contributed by atoms with Crippen molar-refractivity contribution in [3.8, 4) is 28.9 Å². The van der Waals surface area contributed by atoms with Crippen molar-refractivity contribution in [1.29, 1.82) is 0 Å². The first-order chi connectivity index (χ1) is 11.7. The molecule has 0 N–H and O–H groups in total. The highest BCUT2D eigenvalue weighted by molar-refractivity contribution is 5.85. The molecule has 9 nitrogen and oxygen atoms in total. The van der Waals surface area contributed by atoms with Gasteiger partial charge in [-0.3, -0.25) is 0 Å². The molecule has 0 fully saturated rings. The van der Waals surface area contributed by atoms with E-state index in [1.54, 1.807) is 30.3 Å². The summed E-state index contributed by atoms with van der Waals surface area (Å²) in [6.07, 6.45) is 0. The van der Waals surface area contributed by atoms with E-state index in [1.165, 1.54) is 16.8 Å². The van der Waals surface area contributed by atoms with Crippen LogP contribution in [0.5, 0.6) is 23.3 Å². The molecule has 0 saturated carbocycles. The molecular weight excluding hydrogens is 316 g/mol. The van der Waals surface area contributed by atoms with Gasteiger partial charge in [0.25, 0.3) is 0 Å². The van der Waals surface area contributed by atoms with E-state index in [9.17, 15) is 9.90 Å². The molecule has 0 saturated heterocycles. The molecule has 1 aliphatic rings. The maximum atomic E-state index is 10.8. The Morgan fingerprint density at radius 2 is 1.92 bits per heavy atom. The van der Waals surface area contributed by atoms with Crippen LogP contribution in [-0.2, 0) is 0 Å². The Morgan fingerprint density at radius 1 is 1.12 bits per heavy atom. The fourth-order valence-corrected chi connectivity index (χ4v) is 2.19. The van der Waals surface area contributed by atoms with Crippen molar-refractivity contribution in [3.63, 3.8) is 0 Å². The second-order valence-electron chi connectivity index (χ2n) is 4.82. The van der Waals surface area contributed by atoms with Gasteiger partial charge in [0.05, 0.1) is 11.7 Å². The molecule has 0 atom stereocenters. The van der Waals surface area contributed by atoms with Gasteiger partial charge in [-0.2, -0.15) is 4.68 Å². The molecule has 0 radical (unpaired) electrons. The normalized spacial score (nSPS) is 12.2. The van der Waals surface area contributed by atoms with Crippen molar-refractivity contribution < 1.29 is 24.1 Å². The number of carboxylic acid groups (broad SMARTS) is 1. The molecule has 0 bridgehead atoms. The van der Waals surface area contributed by atoms with Gasteiger partial charge in [-0.15, -0.1) is 0 Å². The minimum atomic E-state index is -1.25. The third-order valence-corrected chi connectivity index (χ3v) is 3.34. The number of carbonyl (C=O) groups excluding carboxylic acids is 1. The Labute approximate surface area is 135 Å². The van der Waals surface area contributed by atoms with Crippen LogP contribution in [0.3, 0.4) is 0 Å². The first kappa shape index (κ1) is 14.0. The van der Waals surface area contributed by atoms with Crippen molar-refractivity contribution in [1.82, 2.24) is 20.2 Å². The maximum Gasteiger partial charge on any atom is 0.345 e. The minimum absolute atomic E-state index is 0.0602. The van der Waals surface area contributed by atoms with Crippen LogP contribution in [0.2, 0.25) is 0 Å². The number of aromatic nitrogens is 4. The molecule has 2 aromatic carbocycles. The standard InChI is InChI=1S/C15H10N4O5/c20-14(21)9-1-3-10(4-2-9)19-15(16-17-18-19)24-11-5-6-12-13(7-11)23-8-22-12/h1-7H,8H2,(H,20,21)/p-1. The molecule has 0 unspecified atom stereocenters. The third-order valence-electron chi connectivity index (χ3n) is 3.34. The highest BCUT2D eigenvalue weighted by Crippen LogP contribution is 2.36. The number of hydrogen-bond acceptors (Lipinski definition) is 8. The van der Waals surface area contributed by atoms with E-state index in [2.05, 4.69) is 15.5 Å². The van der Waals surface area contributed by atoms with Gasteiger partial charge in [0.15, 0.2) is 11.5 Å². The van der Waals surface area contributed by atoms with Gasteiger partial charge in [0.1, 0.15) is 5.75 Å². The fourth-order valence-electron chi connectivity index (χ4n) is 2.19. The van der Waals surface area contributed by atoms with Crippen LogP contribution in [0.1, 0.15) is 10.4 Å². The second kappa shape index (κ2) is 5.54. The predicted octanol–water partition coefficient (Wildman–Crippen LogP) is 0.547. The van der Waals surface area contributed by atoms with Gasteiger partial charge in [-0.05, 0) is 40.3 Å². The number of benzene rings is 2. The molecule has 4 rings (SSSR count).